The predicted octanol–water partition coefficient (Wildman–Crippen LogP) is 2.44. The summed E-state index contributed by atoms with van der Waals surface area (Å²) >= 11 is 1.78. The van der Waals surface area contributed by atoms with Crippen LogP contribution in [0.25, 0.3) is 5.65 Å². The molecule has 0 bridgehead atoms. The number of carbonyl (C=O) groups excluding carboxylic acids is 1. The Bertz CT molecular complexity index is 623. The molecule has 5 nitrogen and oxygen atoms in total. The number of nitrogens with one attached hydrogen (secondary N) is 1. The van der Waals surface area contributed by atoms with Crippen molar-refractivity contribution in [1.29, 1.82) is 0 Å². The third-order valence-electron chi connectivity index (χ3n) is 4.05. The first-order chi connectivity index (χ1) is 10.3. The number of nitrogens with zero attached hydrogens (tertiary/aromatic N) is 3. The van der Waals surface area contributed by atoms with Gasteiger partial charge >= 0.3 is 0 Å². The number of carbonyl (C=O) groups is 1. The highest BCUT2D eigenvalue weighted by Crippen LogP contribution is 2.28. The lowest BCUT2D eigenvalue weighted by molar-refractivity contribution is -0.128. The summed E-state index contributed by atoms with van der Waals surface area (Å²) in [7, 11) is 0. The fraction of sp³-hybridized carbons (Fsp3) is 0.533. The highest BCUT2D eigenvalue weighted by atomic mass is 32.2. The summed E-state index contributed by atoms with van der Waals surface area (Å²) in [6.07, 6.45) is 8.10. The Balaban J connectivity index is 1.82. The van der Waals surface area contributed by atoms with Crippen molar-refractivity contribution < 1.29 is 4.79 Å². The normalized spacial score (nSPS) is 16.6. The second-order valence-electron chi connectivity index (χ2n) is 5.46. The minimum absolute atomic E-state index is 0.0667. The highest BCUT2D eigenvalue weighted by Gasteiger charge is 2.28. The van der Waals surface area contributed by atoms with Crippen LogP contribution in [0.5, 0.6) is 0 Å². The molecule has 21 heavy (non-hydrogen) atoms. The van der Waals surface area contributed by atoms with Crippen molar-refractivity contribution in [2.45, 2.75) is 31.7 Å². The van der Waals surface area contributed by atoms with Gasteiger partial charge < -0.3 is 5.32 Å². The van der Waals surface area contributed by atoms with Crippen LogP contribution in [-0.4, -0.2) is 32.5 Å². The van der Waals surface area contributed by atoms with Gasteiger partial charge in [0.2, 0.25) is 5.91 Å². The molecule has 2 aromatic heterocycles. The SMILES string of the molecule is CSCC[C@H](NC(=O)C1CCC1)c1nnc2ccccn12. The van der Waals surface area contributed by atoms with E-state index in [1.54, 1.807) is 11.8 Å². The van der Waals surface area contributed by atoms with E-state index in [0.717, 1.165) is 36.5 Å². The minimum Gasteiger partial charge on any atom is -0.346 e. The molecule has 0 saturated heterocycles. The average Bonchev–Trinajstić information content (AvgIpc) is 2.85. The summed E-state index contributed by atoms with van der Waals surface area (Å²) in [5.74, 6) is 2.17. The van der Waals surface area contributed by atoms with Gasteiger partial charge in [-0.2, -0.15) is 11.8 Å². The molecule has 1 amide bonds. The van der Waals surface area contributed by atoms with Gasteiger partial charge in [0.05, 0.1) is 6.04 Å². The number of fused-ring (bicyclic) bond motifs is 1. The zero-order valence-electron chi connectivity index (χ0n) is 12.2. The number of aromatic nitrogens is 3. The molecule has 2 aromatic rings. The molecular weight excluding hydrogens is 284 g/mol. The highest BCUT2D eigenvalue weighted by molar-refractivity contribution is 7.98. The lowest BCUT2D eigenvalue weighted by Crippen LogP contribution is -2.37. The number of pyridine rings is 1. The smallest absolute Gasteiger partial charge is 0.223 e. The van der Waals surface area contributed by atoms with Crippen LogP contribution in [0.4, 0.5) is 0 Å². The number of hydrogen-bond donors (Lipinski definition) is 1. The summed E-state index contributed by atoms with van der Waals surface area (Å²) in [6.45, 7) is 0. The van der Waals surface area contributed by atoms with E-state index >= 15 is 0 Å². The largest absolute Gasteiger partial charge is 0.346 e. The van der Waals surface area contributed by atoms with Crippen molar-refractivity contribution in [1.82, 2.24) is 19.9 Å². The van der Waals surface area contributed by atoms with E-state index in [4.69, 9.17) is 0 Å². The Kier molecular flexibility index (Phi) is 4.43. The van der Waals surface area contributed by atoms with E-state index in [2.05, 4.69) is 21.8 Å². The second-order valence-corrected chi connectivity index (χ2v) is 6.44. The number of rotatable bonds is 6. The van der Waals surface area contributed by atoms with E-state index in [9.17, 15) is 4.79 Å². The van der Waals surface area contributed by atoms with E-state index in [1.807, 2.05) is 28.8 Å². The molecule has 0 unspecified atom stereocenters. The zero-order valence-corrected chi connectivity index (χ0v) is 13.0. The summed E-state index contributed by atoms with van der Waals surface area (Å²) in [5.41, 5.74) is 0.819. The zero-order chi connectivity index (χ0) is 14.7. The third-order valence-corrected chi connectivity index (χ3v) is 4.70. The summed E-state index contributed by atoms with van der Waals surface area (Å²) in [6, 6.07) is 5.76. The van der Waals surface area contributed by atoms with E-state index in [1.165, 1.54) is 6.42 Å². The molecule has 1 fully saturated rings. The Morgan fingerprint density at radius 1 is 1.48 bits per heavy atom. The van der Waals surface area contributed by atoms with Crippen LogP contribution in [0.1, 0.15) is 37.5 Å². The van der Waals surface area contributed by atoms with Crippen LogP contribution < -0.4 is 5.32 Å². The second kappa shape index (κ2) is 6.47. The molecule has 2 heterocycles. The number of hydrogen-bond acceptors (Lipinski definition) is 4. The quantitative estimate of drug-likeness (QED) is 0.890. The van der Waals surface area contributed by atoms with Gasteiger partial charge in [0.1, 0.15) is 0 Å². The molecule has 1 N–H and O–H groups in total. The monoisotopic (exact) mass is 304 g/mol. The standard InChI is InChI=1S/C15H20N4OS/c1-21-10-8-12(16-15(20)11-5-4-6-11)14-18-17-13-7-2-3-9-19(13)14/h2-3,7,9,11-12H,4-6,8,10H2,1H3,(H,16,20)/t12-/m0/s1. The Morgan fingerprint density at radius 2 is 2.33 bits per heavy atom. The molecule has 1 aliphatic rings. The van der Waals surface area contributed by atoms with Crippen molar-refractivity contribution in [2.75, 3.05) is 12.0 Å². The fourth-order valence-electron chi connectivity index (χ4n) is 2.56. The maximum atomic E-state index is 12.3. The van der Waals surface area contributed by atoms with Gasteiger partial charge in [0, 0.05) is 12.1 Å². The van der Waals surface area contributed by atoms with Crippen molar-refractivity contribution >= 4 is 23.3 Å². The molecule has 1 aliphatic carbocycles. The van der Waals surface area contributed by atoms with Crippen LogP contribution in [-0.2, 0) is 4.79 Å². The van der Waals surface area contributed by atoms with Crippen LogP contribution in [0, 0.1) is 5.92 Å². The first-order valence-corrected chi connectivity index (χ1v) is 8.78. The molecule has 1 saturated carbocycles. The van der Waals surface area contributed by atoms with E-state index in [-0.39, 0.29) is 17.9 Å². The lowest BCUT2D eigenvalue weighted by atomic mass is 9.84. The maximum absolute atomic E-state index is 12.3. The molecule has 0 radical (unpaired) electrons. The van der Waals surface area contributed by atoms with Gasteiger partial charge in [-0.25, -0.2) is 0 Å². The summed E-state index contributed by atoms with van der Waals surface area (Å²) < 4.78 is 1.96. The van der Waals surface area contributed by atoms with Crippen LogP contribution in [0.15, 0.2) is 24.4 Å². The molecule has 6 heteroatoms. The van der Waals surface area contributed by atoms with E-state index < -0.39 is 0 Å². The van der Waals surface area contributed by atoms with Crippen molar-refractivity contribution in [3.05, 3.63) is 30.2 Å². The molecular formula is C15H20N4OS. The van der Waals surface area contributed by atoms with Gasteiger partial charge in [-0.15, -0.1) is 10.2 Å². The van der Waals surface area contributed by atoms with Gasteiger partial charge in [-0.3, -0.25) is 9.20 Å². The van der Waals surface area contributed by atoms with Crippen molar-refractivity contribution in [3.63, 3.8) is 0 Å². The molecule has 0 aliphatic heterocycles. The first-order valence-electron chi connectivity index (χ1n) is 7.38. The maximum Gasteiger partial charge on any atom is 0.223 e. The predicted molar refractivity (Wildman–Crippen MR) is 84.2 cm³/mol. The summed E-state index contributed by atoms with van der Waals surface area (Å²) in [4.78, 5) is 12.3. The molecule has 0 spiro atoms. The van der Waals surface area contributed by atoms with Crippen LogP contribution in [0.3, 0.4) is 0 Å². The molecule has 1 atom stereocenters. The van der Waals surface area contributed by atoms with Gasteiger partial charge in [-0.1, -0.05) is 12.5 Å². The average molecular weight is 304 g/mol. The fourth-order valence-corrected chi connectivity index (χ4v) is 3.03. The Labute approximate surface area is 128 Å². The minimum atomic E-state index is -0.0667. The Morgan fingerprint density at radius 3 is 3.05 bits per heavy atom. The molecule has 0 aromatic carbocycles. The summed E-state index contributed by atoms with van der Waals surface area (Å²) in [5, 5.41) is 11.7. The number of amides is 1. The van der Waals surface area contributed by atoms with Gasteiger partial charge in [0.25, 0.3) is 0 Å². The van der Waals surface area contributed by atoms with Crippen LogP contribution in [0.2, 0.25) is 0 Å². The topological polar surface area (TPSA) is 59.3 Å². The van der Waals surface area contributed by atoms with Gasteiger partial charge in [0.15, 0.2) is 11.5 Å². The number of thioether (sulfide) groups is 1. The molecule has 3 rings (SSSR count). The van der Waals surface area contributed by atoms with Crippen molar-refractivity contribution in [2.24, 2.45) is 5.92 Å². The van der Waals surface area contributed by atoms with Crippen LogP contribution >= 0.6 is 11.8 Å². The van der Waals surface area contributed by atoms with Crippen molar-refractivity contribution in [3.8, 4) is 0 Å². The lowest BCUT2D eigenvalue weighted by Gasteiger charge is -2.26. The third kappa shape index (κ3) is 3.05. The Hall–Kier alpha value is -1.56. The first kappa shape index (κ1) is 14.4. The van der Waals surface area contributed by atoms with E-state index in [0.29, 0.717) is 0 Å². The molecule has 112 valence electrons. The van der Waals surface area contributed by atoms with Gasteiger partial charge in [-0.05, 0) is 43.4 Å².